The van der Waals surface area contributed by atoms with Crippen molar-refractivity contribution in [3.8, 4) is 11.4 Å². The van der Waals surface area contributed by atoms with Crippen LogP contribution in [0.15, 0.2) is 40.9 Å². The first-order valence-corrected chi connectivity index (χ1v) is 8.95. The lowest BCUT2D eigenvalue weighted by Gasteiger charge is -2.31. The summed E-state index contributed by atoms with van der Waals surface area (Å²) in [7, 11) is 0. The standard InChI is InChI=1S/C20H15F4N3O2/c21-13-5-3-11(4-6-13)20(28)27-7-1-2-12(10-27)19-25-18(26-29-19)17-15(23)8-14(22)9-16(17)24/h3-6,8-9,12H,1-2,7,10H2. The van der Waals surface area contributed by atoms with Gasteiger partial charge in [-0.25, -0.2) is 17.6 Å². The number of carbonyl (C=O) groups excluding carboxylic acids is 1. The molecule has 3 aromatic rings. The predicted molar refractivity (Wildman–Crippen MR) is 93.9 cm³/mol. The number of amides is 1. The molecule has 0 saturated carbocycles. The smallest absolute Gasteiger partial charge is 0.253 e. The molecule has 0 radical (unpaired) electrons. The molecule has 0 N–H and O–H groups in total. The first kappa shape index (κ1) is 19.1. The van der Waals surface area contributed by atoms with Gasteiger partial charge in [0.05, 0.1) is 11.5 Å². The Labute approximate surface area is 162 Å². The first-order chi connectivity index (χ1) is 13.9. The molecule has 1 unspecified atom stereocenters. The van der Waals surface area contributed by atoms with Gasteiger partial charge in [-0.3, -0.25) is 4.79 Å². The van der Waals surface area contributed by atoms with E-state index >= 15 is 0 Å². The van der Waals surface area contributed by atoms with Crippen molar-refractivity contribution in [2.45, 2.75) is 18.8 Å². The molecule has 1 aliphatic rings. The summed E-state index contributed by atoms with van der Waals surface area (Å²) >= 11 is 0. The average Bonchev–Trinajstić information content (AvgIpc) is 3.17. The van der Waals surface area contributed by atoms with Gasteiger partial charge in [-0.15, -0.1) is 0 Å². The van der Waals surface area contributed by atoms with Crippen LogP contribution in [0, 0.1) is 23.3 Å². The van der Waals surface area contributed by atoms with Crippen LogP contribution in [0.5, 0.6) is 0 Å². The number of hydrogen-bond acceptors (Lipinski definition) is 4. The van der Waals surface area contributed by atoms with Crippen LogP contribution in [0.2, 0.25) is 0 Å². The number of aromatic nitrogens is 2. The van der Waals surface area contributed by atoms with Gasteiger partial charge in [0.15, 0.2) is 0 Å². The van der Waals surface area contributed by atoms with E-state index in [1.165, 1.54) is 24.3 Å². The summed E-state index contributed by atoms with van der Waals surface area (Å²) in [5, 5.41) is 3.62. The van der Waals surface area contributed by atoms with E-state index in [4.69, 9.17) is 4.52 Å². The molecule has 0 bridgehead atoms. The van der Waals surface area contributed by atoms with Gasteiger partial charge in [0, 0.05) is 30.8 Å². The third-order valence-electron chi connectivity index (χ3n) is 4.82. The summed E-state index contributed by atoms with van der Waals surface area (Å²) in [6.45, 7) is 0.779. The Hall–Kier alpha value is -3.23. The molecule has 4 rings (SSSR count). The fraction of sp³-hybridized carbons (Fsp3) is 0.250. The zero-order valence-corrected chi connectivity index (χ0v) is 15.0. The lowest BCUT2D eigenvalue weighted by atomic mass is 9.97. The van der Waals surface area contributed by atoms with E-state index in [1.807, 2.05) is 0 Å². The van der Waals surface area contributed by atoms with E-state index in [0.717, 1.165) is 0 Å². The molecule has 5 nitrogen and oxygen atoms in total. The Balaban J connectivity index is 1.54. The first-order valence-electron chi connectivity index (χ1n) is 8.95. The summed E-state index contributed by atoms with van der Waals surface area (Å²) in [5.74, 6) is -4.51. The zero-order valence-electron chi connectivity index (χ0n) is 15.0. The SMILES string of the molecule is O=C(c1ccc(F)cc1)N1CCCC(c2nc(-c3c(F)cc(F)cc3F)no2)C1. The van der Waals surface area contributed by atoms with Gasteiger partial charge in [0.25, 0.3) is 5.91 Å². The monoisotopic (exact) mass is 405 g/mol. The van der Waals surface area contributed by atoms with E-state index in [2.05, 4.69) is 10.1 Å². The minimum Gasteiger partial charge on any atom is -0.339 e. The van der Waals surface area contributed by atoms with Crippen molar-refractivity contribution in [2.24, 2.45) is 0 Å². The molecule has 1 aromatic heterocycles. The fourth-order valence-electron chi connectivity index (χ4n) is 3.40. The van der Waals surface area contributed by atoms with E-state index < -0.39 is 28.8 Å². The van der Waals surface area contributed by atoms with Crippen molar-refractivity contribution >= 4 is 5.91 Å². The van der Waals surface area contributed by atoms with Crippen molar-refractivity contribution in [2.75, 3.05) is 13.1 Å². The van der Waals surface area contributed by atoms with Crippen LogP contribution in [-0.2, 0) is 0 Å². The van der Waals surface area contributed by atoms with Crippen LogP contribution in [0.3, 0.4) is 0 Å². The molecule has 1 aliphatic heterocycles. The minimum absolute atomic E-state index is 0.139. The highest BCUT2D eigenvalue weighted by Crippen LogP contribution is 2.30. The number of hydrogen-bond donors (Lipinski definition) is 0. The lowest BCUT2D eigenvalue weighted by molar-refractivity contribution is 0.0695. The van der Waals surface area contributed by atoms with Gasteiger partial charge in [-0.1, -0.05) is 5.16 Å². The largest absolute Gasteiger partial charge is 0.339 e. The lowest BCUT2D eigenvalue weighted by Crippen LogP contribution is -2.39. The maximum atomic E-state index is 14.0. The molecule has 29 heavy (non-hydrogen) atoms. The van der Waals surface area contributed by atoms with E-state index in [0.29, 0.717) is 37.1 Å². The Kier molecular flexibility index (Phi) is 5.04. The van der Waals surface area contributed by atoms with Gasteiger partial charge >= 0.3 is 0 Å². The van der Waals surface area contributed by atoms with Crippen LogP contribution in [-0.4, -0.2) is 34.0 Å². The number of halogens is 4. The average molecular weight is 405 g/mol. The van der Waals surface area contributed by atoms with Gasteiger partial charge in [0.1, 0.15) is 23.3 Å². The third-order valence-corrected chi connectivity index (χ3v) is 4.82. The minimum atomic E-state index is -1.13. The number of piperidine rings is 1. The second-order valence-electron chi connectivity index (χ2n) is 6.80. The quantitative estimate of drug-likeness (QED) is 0.610. The van der Waals surface area contributed by atoms with Crippen molar-refractivity contribution in [1.29, 1.82) is 0 Å². The van der Waals surface area contributed by atoms with Crippen LogP contribution >= 0.6 is 0 Å². The highest BCUT2D eigenvalue weighted by Gasteiger charge is 2.30. The van der Waals surface area contributed by atoms with Crippen molar-refractivity contribution in [3.05, 3.63) is 71.1 Å². The maximum Gasteiger partial charge on any atom is 0.253 e. The van der Waals surface area contributed by atoms with Crippen molar-refractivity contribution in [1.82, 2.24) is 15.0 Å². The van der Waals surface area contributed by atoms with Crippen molar-refractivity contribution < 1.29 is 26.9 Å². The normalized spacial score (nSPS) is 16.8. The maximum absolute atomic E-state index is 14.0. The summed E-state index contributed by atoms with van der Waals surface area (Å²) in [5.41, 5.74) is -0.217. The summed E-state index contributed by atoms with van der Waals surface area (Å²) < 4.78 is 59.2. The second-order valence-corrected chi connectivity index (χ2v) is 6.80. The Bertz CT molecular complexity index is 1030. The molecule has 2 heterocycles. The number of rotatable bonds is 3. The Morgan fingerprint density at radius 2 is 1.72 bits per heavy atom. The highest BCUT2D eigenvalue weighted by atomic mass is 19.1. The van der Waals surface area contributed by atoms with Gasteiger partial charge in [-0.05, 0) is 37.1 Å². The molecule has 9 heteroatoms. The van der Waals surface area contributed by atoms with Gasteiger partial charge in [-0.2, -0.15) is 4.98 Å². The summed E-state index contributed by atoms with van der Waals surface area (Å²) in [6, 6.07) is 6.32. The topological polar surface area (TPSA) is 59.2 Å². The van der Waals surface area contributed by atoms with Crippen LogP contribution < -0.4 is 0 Å². The molecule has 1 saturated heterocycles. The fourth-order valence-corrected chi connectivity index (χ4v) is 3.40. The summed E-state index contributed by atoms with van der Waals surface area (Å²) in [6.07, 6.45) is 1.30. The molecule has 1 fully saturated rings. The molecule has 0 spiro atoms. The number of nitrogens with zero attached hydrogens (tertiary/aromatic N) is 3. The van der Waals surface area contributed by atoms with E-state index in [9.17, 15) is 22.4 Å². The molecular formula is C20H15F4N3O2. The predicted octanol–water partition coefficient (Wildman–Crippen LogP) is 4.31. The van der Waals surface area contributed by atoms with Crippen LogP contribution in [0.1, 0.15) is 35.0 Å². The van der Waals surface area contributed by atoms with Gasteiger partial charge < -0.3 is 9.42 Å². The number of benzene rings is 2. The molecule has 1 atom stereocenters. The summed E-state index contributed by atoms with van der Waals surface area (Å²) in [4.78, 5) is 18.3. The Morgan fingerprint density at radius 3 is 2.41 bits per heavy atom. The molecular weight excluding hydrogens is 390 g/mol. The van der Waals surface area contributed by atoms with E-state index in [1.54, 1.807) is 4.90 Å². The van der Waals surface area contributed by atoms with Crippen molar-refractivity contribution in [3.63, 3.8) is 0 Å². The second kappa shape index (κ2) is 7.65. The van der Waals surface area contributed by atoms with Gasteiger partial charge in [0.2, 0.25) is 11.7 Å². The van der Waals surface area contributed by atoms with Crippen LogP contribution in [0.4, 0.5) is 17.6 Å². The number of carbonyl (C=O) groups is 1. The Morgan fingerprint density at radius 1 is 1.03 bits per heavy atom. The molecule has 1 amide bonds. The van der Waals surface area contributed by atoms with E-state index in [-0.39, 0.29) is 30.1 Å². The zero-order chi connectivity index (χ0) is 20.5. The van der Waals surface area contributed by atoms with Crippen LogP contribution in [0.25, 0.3) is 11.4 Å². The molecule has 0 aliphatic carbocycles. The molecule has 2 aromatic carbocycles. The number of likely N-dealkylation sites (tertiary alicyclic amines) is 1. The molecule has 150 valence electrons. The highest BCUT2D eigenvalue weighted by molar-refractivity contribution is 5.94. The third kappa shape index (κ3) is 3.85.